The van der Waals surface area contributed by atoms with Gasteiger partial charge in [-0.25, -0.2) is 4.79 Å². The summed E-state index contributed by atoms with van der Waals surface area (Å²) in [5.41, 5.74) is -0.542. The Labute approximate surface area is 170 Å². The number of hydrogen-bond acceptors (Lipinski definition) is 2. The minimum Gasteiger partial charge on any atom is -0.491 e. The van der Waals surface area contributed by atoms with Crippen LogP contribution in [0.1, 0.15) is 19.4 Å². The molecule has 0 aliphatic heterocycles. The Morgan fingerprint density at radius 3 is 2.48 bits per heavy atom. The summed E-state index contributed by atoms with van der Waals surface area (Å²) in [5, 5.41) is 6.26. The van der Waals surface area contributed by atoms with Gasteiger partial charge in [0.15, 0.2) is 0 Å². The average Bonchev–Trinajstić information content (AvgIpc) is 2.62. The van der Waals surface area contributed by atoms with Gasteiger partial charge in [-0.05, 0) is 55.6 Å². The second kappa shape index (κ2) is 8.21. The number of halogens is 4. The first-order valence-corrected chi connectivity index (χ1v) is 9.15. The number of amides is 2. The molecule has 0 fully saturated rings. The first-order valence-electron chi connectivity index (χ1n) is 8.77. The zero-order chi connectivity index (χ0) is 21.2. The predicted octanol–water partition coefficient (Wildman–Crippen LogP) is 6.94. The predicted molar refractivity (Wildman–Crippen MR) is 109 cm³/mol. The molecule has 2 N–H and O–H groups in total. The van der Waals surface area contributed by atoms with Crippen LogP contribution in [-0.2, 0) is 6.18 Å². The number of carbonyl (C=O) groups excluding carboxylic acids is 1. The summed E-state index contributed by atoms with van der Waals surface area (Å²) < 4.78 is 44.7. The van der Waals surface area contributed by atoms with Gasteiger partial charge in [-0.15, -0.1) is 0 Å². The Hall–Kier alpha value is -2.93. The number of nitrogens with one attached hydrogen (secondary N) is 2. The Bertz CT molecular complexity index is 1050. The van der Waals surface area contributed by atoms with E-state index >= 15 is 0 Å². The van der Waals surface area contributed by atoms with Gasteiger partial charge in [0.05, 0.1) is 22.4 Å². The summed E-state index contributed by atoms with van der Waals surface area (Å²) >= 11 is 5.60. The van der Waals surface area contributed by atoms with Crippen molar-refractivity contribution in [3.8, 4) is 5.75 Å². The highest BCUT2D eigenvalue weighted by Gasteiger charge is 2.33. The molecule has 152 valence electrons. The molecular formula is C21H18ClF3N2O2. The fourth-order valence-electron chi connectivity index (χ4n) is 2.81. The van der Waals surface area contributed by atoms with E-state index in [4.69, 9.17) is 16.3 Å². The molecular weight excluding hydrogens is 405 g/mol. The zero-order valence-corrected chi connectivity index (χ0v) is 16.4. The molecule has 3 aromatic rings. The number of fused-ring (bicyclic) bond motifs is 1. The fraction of sp³-hybridized carbons (Fsp3) is 0.190. The van der Waals surface area contributed by atoms with Crippen LogP contribution in [-0.4, -0.2) is 12.1 Å². The first kappa shape index (κ1) is 20.8. The quantitative estimate of drug-likeness (QED) is 0.478. The molecule has 0 aliphatic rings. The summed E-state index contributed by atoms with van der Waals surface area (Å²) in [6.07, 6.45) is -4.63. The van der Waals surface area contributed by atoms with Crippen molar-refractivity contribution in [2.75, 3.05) is 10.6 Å². The van der Waals surface area contributed by atoms with Crippen LogP contribution < -0.4 is 15.4 Å². The summed E-state index contributed by atoms with van der Waals surface area (Å²) in [7, 11) is 0. The summed E-state index contributed by atoms with van der Waals surface area (Å²) in [6, 6.07) is 13.4. The Morgan fingerprint density at radius 2 is 1.79 bits per heavy atom. The minimum atomic E-state index is -4.62. The molecule has 0 heterocycles. The van der Waals surface area contributed by atoms with Crippen LogP contribution in [0.3, 0.4) is 0 Å². The molecule has 0 aliphatic carbocycles. The molecule has 3 rings (SSSR count). The molecule has 0 saturated heterocycles. The van der Waals surface area contributed by atoms with Crippen LogP contribution >= 0.6 is 11.6 Å². The van der Waals surface area contributed by atoms with Gasteiger partial charge >= 0.3 is 12.2 Å². The van der Waals surface area contributed by atoms with Gasteiger partial charge in [-0.3, -0.25) is 0 Å². The van der Waals surface area contributed by atoms with E-state index in [2.05, 4.69) is 10.6 Å². The smallest absolute Gasteiger partial charge is 0.417 e. The topological polar surface area (TPSA) is 50.4 Å². The van der Waals surface area contributed by atoms with Crippen LogP contribution in [0.25, 0.3) is 10.8 Å². The molecule has 4 nitrogen and oxygen atoms in total. The van der Waals surface area contributed by atoms with Gasteiger partial charge in [-0.2, -0.15) is 13.2 Å². The Morgan fingerprint density at radius 1 is 1.03 bits per heavy atom. The van der Waals surface area contributed by atoms with E-state index in [1.54, 1.807) is 18.2 Å². The number of rotatable bonds is 4. The highest BCUT2D eigenvalue weighted by molar-refractivity contribution is 6.31. The van der Waals surface area contributed by atoms with Crippen LogP contribution in [0.15, 0.2) is 54.6 Å². The van der Waals surface area contributed by atoms with Gasteiger partial charge in [0.1, 0.15) is 5.75 Å². The third-order valence-corrected chi connectivity index (χ3v) is 4.33. The van der Waals surface area contributed by atoms with E-state index in [1.165, 1.54) is 6.07 Å². The lowest BCUT2D eigenvalue weighted by Gasteiger charge is -2.14. The van der Waals surface area contributed by atoms with Gasteiger partial charge in [0.25, 0.3) is 0 Å². The van der Waals surface area contributed by atoms with Crippen LogP contribution in [0, 0.1) is 0 Å². The molecule has 0 bridgehead atoms. The van der Waals surface area contributed by atoms with Crippen molar-refractivity contribution in [3.63, 3.8) is 0 Å². The third kappa shape index (κ3) is 5.12. The van der Waals surface area contributed by atoms with Crippen LogP contribution in [0.5, 0.6) is 5.75 Å². The molecule has 0 aromatic heterocycles. The van der Waals surface area contributed by atoms with Gasteiger partial charge in [0, 0.05) is 11.1 Å². The second-order valence-electron chi connectivity index (χ2n) is 6.63. The van der Waals surface area contributed by atoms with Crippen molar-refractivity contribution in [2.45, 2.75) is 26.1 Å². The maximum absolute atomic E-state index is 13.0. The van der Waals surface area contributed by atoms with Crippen LogP contribution in [0.4, 0.5) is 29.3 Å². The first-order chi connectivity index (χ1) is 13.6. The molecule has 3 aromatic carbocycles. The van der Waals surface area contributed by atoms with E-state index in [0.29, 0.717) is 11.4 Å². The number of hydrogen-bond donors (Lipinski definition) is 2. The normalized spacial score (nSPS) is 11.6. The third-order valence-electron chi connectivity index (χ3n) is 4.00. The molecule has 29 heavy (non-hydrogen) atoms. The van der Waals surface area contributed by atoms with E-state index in [9.17, 15) is 18.0 Å². The molecule has 0 unspecified atom stereocenters. The fourth-order valence-corrected chi connectivity index (χ4v) is 3.04. The lowest BCUT2D eigenvalue weighted by atomic mass is 10.1. The monoisotopic (exact) mass is 422 g/mol. The SMILES string of the molecule is CC(C)Oc1ccc2cccc(NC(=O)Nc3ccc(Cl)c(C(F)(F)F)c3)c2c1. The lowest BCUT2D eigenvalue weighted by molar-refractivity contribution is -0.137. The van der Waals surface area contributed by atoms with Crippen molar-refractivity contribution < 1.29 is 22.7 Å². The van der Waals surface area contributed by atoms with Crippen molar-refractivity contribution in [3.05, 3.63) is 65.2 Å². The zero-order valence-electron chi connectivity index (χ0n) is 15.6. The van der Waals surface area contributed by atoms with E-state index in [1.807, 2.05) is 32.0 Å². The standard InChI is InChI=1S/C21H18ClF3N2O2/c1-12(2)29-15-8-6-13-4-3-5-19(16(13)11-15)27-20(28)26-14-7-9-18(22)17(10-14)21(23,24)25/h3-12H,1-2H3,(H2,26,27,28). The van der Waals surface area contributed by atoms with Gasteiger partial charge in [-0.1, -0.05) is 29.8 Å². The average molecular weight is 423 g/mol. The summed E-state index contributed by atoms with van der Waals surface area (Å²) in [4.78, 5) is 12.4. The summed E-state index contributed by atoms with van der Waals surface area (Å²) in [6.45, 7) is 3.81. The Balaban J connectivity index is 1.83. The van der Waals surface area contributed by atoms with Crippen molar-refractivity contribution in [1.82, 2.24) is 0 Å². The Kier molecular flexibility index (Phi) is 5.88. The molecule has 0 radical (unpaired) electrons. The van der Waals surface area contributed by atoms with Gasteiger partial charge in [0.2, 0.25) is 0 Å². The van der Waals surface area contributed by atoms with Crippen molar-refractivity contribution >= 4 is 39.8 Å². The number of urea groups is 1. The summed E-state index contributed by atoms with van der Waals surface area (Å²) in [5.74, 6) is 0.648. The number of alkyl halides is 3. The molecule has 8 heteroatoms. The maximum Gasteiger partial charge on any atom is 0.417 e. The number of anilines is 2. The molecule has 2 amide bonds. The second-order valence-corrected chi connectivity index (χ2v) is 7.03. The van der Waals surface area contributed by atoms with E-state index < -0.39 is 22.8 Å². The lowest BCUT2D eigenvalue weighted by Crippen LogP contribution is -2.20. The van der Waals surface area contributed by atoms with E-state index in [-0.39, 0.29) is 11.8 Å². The van der Waals surface area contributed by atoms with Gasteiger partial charge < -0.3 is 15.4 Å². The van der Waals surface area contributed by atoms with Crippen LogP contribution in [0.2, 0.25) is 5.02 Å². The molecule has 0 spiro atoms. The largest absolute Gasteiger partial charge is 0.491 e. The van der Waals surface area contributed by atoms with Crippen molar-refractivity contribution in [2.24, 2.45) is 0 Å². The highest BCUT2D eigenvalue weighted by atomic mass is 35.5. The molecule has 0 atom stereocenters. The molecule has 0 saturated carbocycles. The number of ether oxygens (including phenoxy) is 1. The van der Waals surface area contributed by atoms with Crippen molar-refractivity contribution in [1.29, 1.82) is 0 Å². The number of benzene rings is 3. The minimum absolute atomic E-state index is 0.0106. The highest BCUT2D eigenvalue weighted by Crippen LogP contribution is 2.36. The maximum atomic E-state index is 13.0. The van der Waals surface area contributed by atoms with E-state index in [0.717, 1.165) is 22.9 Å². The number of carbonyl (C=O) groups is 1.